The third kappa shape index (κ3) is 3.75. The van der Waals surface area contributed by atoms with Crippen LogP contribution in [0.3, 0.4) is 0 Å². The normalized spacial score (nSPS) is 23.0. The molecule has 4 nitrogen and oxygen atoms in total. The molecule has 2 N–H and O–H groups in total. The summed E-state index contributed by atoms with van der Waals surface area (Å²) in [6.45, 7) is 2.83. The van der Waals surface area contributed by atoms with Crippen LogP contribution in [0.5, 0.6) is 0 Å². The van der Waals surface area contributed by atoms with E-state index in [0.29, 0.717) is 11.1 Å². The molecule has 0 unspecified atom stereocenters. The Morgan fingerprint density at radius 3 is 2.74 bits per heavy atom. The second-order valence-electron chi connectivity index (χ2n) is 7.78. The van der Waals surface area contributed by atoms with Crippen molar-refractivity contribution in [2.24, 2.45) is 7.05 Å². The maximum Gasteiger partial charge on any atom is 0.123 e. The summed E-state index contributed by atoms with van der Waals surface area (Å²) in [4.78, 5) is 4.78. The zero-order valence-electron chi connectivity index (χ0n) is 15.9. The van der Waals surface area contributed by atoms with E-state index in [-0.39, 0.29) is 0 Å². The molecule has 1 aromatic heterocycles. The molecule has 1 fully saturated rings. The zero-order valence-corrected chi connectivity index (χ0v) is 16.6. The van der Waals surface area contributed by atoms with E-state index in [0.717, 1.165) is 54.6 Å². The van der Waals surface area contributed by atoms with Crippen LogP contribution >= 0.6 is 11.6 Å². The number of aliphatic hydroxyl groups is 1. The van der Waals surface area contributed by atoms with Gasteiger partial charge in [0.2, 0.25) is 0 Å². The first-order chi connectivity index (χ1) is 12.9. The number of nitrogens with zero attached hydrogens (tertiary/aromatic N) is 2. The Morgan fingerprint density at radius 1 is 1.22 bits per heavy atom. The minimum atomic E-state index is -0.765. The summed E-state index contributed by atoms with van der Waals surface area (Å²) in [5.74, 6) is 1.05. The highest BCUT2D eigenvalue weighted by molar-refractivity contribution is 6.30. The molecule has 1 heterocycles. The molecule has 0 aliphatic heterocycles. The van der Waals surface area contributed by atoms with Gasteiger partial charge in [-0.3, -0.25) is 0 Å². The number of hydrogen-bond donors (Lipinski definition) is 2. The molecule has 5 heteroatoms. The fourth-order valence-corrected chi connectivity index (χ4v) is 4.31. The van der Waals surface area contributed by atoms with Crippen molar-refractivity contribution in [1.29, 1.82) is 0 Å². The quantitative estimate of drug-likeness (QED) is 0.699. The van der Waals surface area contributed by atoms with Crippen LogP contribution in [0.4, 0.5) is 0 Å². The smallest absolute Gasteiger partial charge is 0.123 e. The van der Waals surface area contributed by atoms with E-state index < -0.39 is 5.60 Å². The Labute approximate surface area is 165 Å². The Bertz CT molecular complexity index is 957. The van der Waals surface area contributed by atoms with Crippen molar-refractivity contribution in [3.05, 3.63) is 64.4 Å². The molecule has 1 aliphatic rings. The summed E-state index contributed by atoms with van der Waals surface area (Å²) < 4.78 is 2.16. The van der Waals surface area contributed by atoms with Gasteiger partial charge in [-0.2, -0.15) is 0 Å². The van der Waals surface area contributed by atoms with Crippen molar-refractivity contribution in [3.63, 3.8) is 0 Å². The second kappa shape index (κ2) is 7.27. The summed E-state index contributed by atoms with van der Waals surface area (Å²) in [6.07, 6.45) is 3.36. The van der Waals surface area contributed by atoms with Gasteiger partial charge < -0.3 is 15.0 Å². The molecule has 27 heavy (non-hydrogen) atoms. The maximum absolute atomic E-state index is 11.0. The molecule has 0 atom stereocenters. The lowest BCUT2D eigenvalue weighted by Crippen LogP contribution is -2.39. The van der Waals surface area contributed by atoms with E-state index >= 15 is 0 Å². The maximum atomic E-state index is 11.0. The summed E-state index contributed by atoms with van der Waals surface area (Å²) in [6, 6.07) is 14.4. The van der Waals surface area contributed by atoms with Crippen molar-refractivity contribution in [2.75, 3.05) is 0 Å². The average molecular weight is 384 g/mol. The standard InChI is InChI=1S/C22H26ClN3O/c1-15-6-7-20-19(12-15)25-21(26(20)2)14-24-18-8-10-22(27,11-9-18)16-4-3-5-17(23)13-16/h3-7,12-13,18,24,27H,8-11,14H2,1-2H3. The van der Waals surface area contributed by atoms with Gasteiger partial charge in [0, 0.05) is 18.1 Å². The third-order valence-corrected chi connectivity index (χ3v) is 6.09. The molecular weight excluding hydrogens is 358 g/mol. The number of benzene rings is 2. The fraction of sp³-hybridized carbons (Fsp3) is 0.409. The number of imidazole rings is 1. The lowest BCUT2D eigenvalue weighted by Gasteiger charge is -2.37. The van der Waals surface area contributed by atoms with Gasteiger partial charge in [-0.15, -0.1) is 0 Å². The number of halogens is 1. The van der Waals surface area contributed by atoms with E-state index in [2.05, 4.69) is 42.1 Å². The highest BCUT2D eigenvalue weighted by atomic mass is 35.5. The highest BCUT2D eigenvalue weighted by Gasteiger charge is 2.34. The van der Waals surface area contributed by atoms with Crippen LogP contribution < -0.4 is 5.32 Å². The second-order valence-corrected chi connectivity index (χ2v) is 8.21. The fourth-order valence-electron chi connectivity index (χ4n) is 4.12. The van der Waals surface area contributed by atoms with E-state index in [9.17, 15) is 5.11 Å². The van der Waals surface area contributed by atoms with Gasteiger partial charge in [0.25, 0.3) is 0 Å². The predicted octanol–water partition coefficient (Wildman–Crippen LogP) is 4.46. The molecule has 0 bridgehead atoms. The zero-order chi connectivity index (χ0) is 19.0. The van der Waals surface area contributed by atoms with Crippen LogP contribution in [0, 0.1) is 6.92 Å². The van der Waals surface area contributed by atoms with E-state index in [4.69, 9.17) is 16.6 Å². The molecule has 0 radical (unpaired) electrons. The Kier molecular flexibility index (Phi) is 4.97. The molecule has 1 aliphatic carbocycles. The van der Waals surface area contributed by atoms with Gasteiger partial charge >= 0.3 is 0 Å². The van der Waals surface area contributed by atoms with Gasteiger partial charge in [0.05, 0.1) is 23.2 Å². The molecule has 2 aromatic carbocycles. The number of hydrogen-bond acceptors (Lipinski definition) is 3. The molecule has 0 saturated heterocycles. The SMILES string of the molecule is Cc1ccc2c(c1)nc(CNC1CCC(O)(c3cccc(Cl)c3)CC1)n2C. The first kappa shape index (κ1) is 18.5. The number of aromatic nitrogens is 2. The predicted molar refractivity (Wildman–Crippen MR) is 110 cm³/mol. The average Bonchev–Trinajstić information content (AvgIpc) is 2.96. The highest BCUT2D eigenvalue weighted by Crippen LogP contribution is 2.38. The van der Waals surface area contributed by atoms with E-state index in [1.165, 1.54) is 5.56 Å². The molecular formula is C22H26ClN3O. The van der Waals surface area contributed by atoms with Gasteiger partial charge in [-0.05, 0) is 68.0 Å². The summed E-state index contributed by atoms with van der Waals surface area (Å²) in [5, 5.41) is 15.3. The summed E-state index contributed by atoms with van der Waals surface area (Å²) in [5.41, 5.74) is 3.61. The topological polar surface area (TPSA) is 50.1 Å². The van der Waals surface area contributed by atoms with Crippen LogP contribution in [0.15, 0.2) is 42.5 Å². The molecule has 1 saturated carbocycles. The van der Waals surface area contributed by atoms with Crippen LogP contribution in [0.25, 0.3) is 11.0 Å². The minimum Gasteiger partial charge on any atom is -0.385 e. The van der Waals surface area contributed by atoms with Gasteiger partial charge in [-0.25, -0.2) is 4.98 Å². The molecule has 3 aromatic rings. The Morgan fingerprint density at radius 2 is 2.00 bits per heavy atom. The number of fused-ring (bicyclic) bond motifs is 1. The minimum absolute atomic E-state index is 0.394. The van der Waals surface area contributed by atoms with Crippen LogP contribution in [0.2, 0.25) is 5.02 Å². The lowest BCUT2D eigenvalue weighted by molar-refractivity contribution is -0.00853. The first-order valence-corrected chi connectivity index (χ1v) is 9.96. The van der Waals surface area contributed by atoms with Crippen molar-refractivity contribution < 1.29 is 5.11 Å². The van der Waals surface area contributed by atoms with E-state index in [1.54, 1.807) is 0 Å². The lowest BCUT2D eigenvalue weighted by atomic mass is 9.78. The monoisotopic (exact) mass is 383 g/mol. The Hall–Kier alpha value is -1.88. The van der Waals surface area contributed by atoms with Gasteiger partial charge in [-0.1, -0.05) is 29.8 Å². The molecule has 0 amide bonds. The molecule has 4 rings (SSSR count). The van der Waals surface area contributed by atoms with E-state index in [1.807, 2.05) is 24.3 Å². The van der Waals surface area contributed by atoms with Crippen molar-refractivity contribution in [3.8, 4) is 0 Å². The van der Waals surface area contributed by atoms with Crippen molar-refractivity contribution >= 4 is 22.6 Å². The molecule has 142 valence electrons. The van der Waals surface area contributed by atoms with Crippen molar-refractivity contribution in [2.45, 2.75) is 50.8 Å². The third-order valence-electron chi connectivity index (χ3n) is 5.85. The van der Waals surface area contributed by atoms with Crippen molar-refractivity contribution in [1.82, 2.24) is 14.9 Å². The summed E-state index contributed by atoms with van der Waals surface area (Å²) in [7, 11) is 2.07. The largest absolute Gasteiger partial charge is 0.385 e. The Balaban J connectivity index is 1.39. The van der Waals surface area contributed by atoms with Gasteiger partial charge in [0.1, 0.15) is 5.82 Å². The van der Waals surface area contributed by atoms with Crippen LogP contribution in [-0.4, -0.2) is 20.7 Å². The van der Waals surface area contributed by atoms with Crippen LogP contribution in [-0.2, 0) is 19.2 Å². The number of nitrogens with one attached hydrogen (secondary N) is 1. The van der Waals surface area contributed by atoms with Crippen LogP contribution in [0.1, 0.15) is 42.6 Å². The number of aryl methyl sites for hydroxylation is 2. The molecule has 0 spiro atoms. The summed E-state index contributed by atoms with van der Waals surface area (Å²) >= 11 is 6.10. The number of rotatable bonds is 4. The van der Waals surface area contributed by atoms with Gasteiger partial charge in [0.15, 0.2) is 0 Å². The first-order valence-electron chi connectivity index (χ1n) is 9.58.